The maximum absolute atomic E-state index is 12.5. The Bertz CT molecular complexity index is 1030. The standard InChI is InChI=1S/C18H16N6O/c1-13-11-16(24(22-13)15-6-2-3-8-19-15)21-17(25)12-23-10-7-14-5-4-9-20-18(14)23/h2-11H,12H2,1H3,(H,21,25). The molecule has 4 rings (SSSR count). The number of fused-ring (bicyclic) bond motifs is 1. The second-order valence-corrected chi connectivity index (χ2v) is 5.68. The summed E-state index contributed by atoms with van der Waals surface area (Å²) in [5.41, 5.74) is 1.58. The van der Waals surface area contributed by atoms with Crippen molar-refractivity contribution in [1.29, 1.82) is 0 Å². The van der Waals surface area contributed by atoms with E-state index in [4.69, 9.17) is 0 Å². The van der Waals surface area contributed by atoms with Gasteiger partial charge in [-0.25, -0.2) is 9.97 Å². The number of amides is 1. The lowest BCUT2D eigenvalue weighted by Crippen LogP contribution is -2.20. The summed E-state index contributed by atoms with van der Waals surface area (Å²) >= 11 is 0. The average Bonchev–Trinajstić information content (AvgIpc) is 3.19. The zero-order chi connectivity index (χ0) is 17.2. The van der Waals surface area contributed by atoms with Crippen LogP contribution in [0.5, 0.6) is 0 Å². The van der Waals surface area contributed by atoms with Crippen LogP contribution in [0.1, 0.15) is 5.69 Å². The quantitative estimate of drug-likeness (QED) is 0.623. The number of pyridine rings is 2. The first-order valence-electron chi connectivity index (χ1n) is 7.88. The van der Waals surface area contributed by atoms with Crippen molar-refractivity contribution in [1.82, 2.24) is 24.3 Å². The van der Waals surface area contributed by atoms with Gasteiger partial charge in [-0.15, -0.1) is 0 Å². The highest BCUT2D eigenvalue weighted by Crippen LogP contribution is 2.16. The van der Waals surface area contributed by atoms with Crippen molar-refractivity contribution in [3.05, 3.63) is 66.7 Å². The molecule has 7 heteroatoms. The van der Waals surface area contributed by atoms with Crippen LogP contribution in [0.15, 0.2) is 61.1 Å². The van der Waals surface area contributed by atoms with Crippen LogP contribution in [0.4, 0.5) is 5.82 Å². The van der Waals surface area contributed by atoms with Crippen LogP contribution >= 0.6 is 0 Å². The van der Waals surface area contributed by atoms with Crippen LogP contribution in [0.3, 0.4) is 0 Å². The van der Waals surface area contributed by atoms with Gasteiger partial charge in [-0.3, -0.25) is 4.79 Å². The third-order valence-corrected chi connectivity index (χ3v) is 3.80. The predicted molar refractivity (Wildman–Crippen MR) is 94.5 cm³/mol. The third kappa shape index (κ3) is 2.99. The molecule has 0 saturated carbocycles. The smallest absolute Gasteiger partial charge is 0.245 e. The molecule has 0 saturated heterocycles. The molecule has 0 aromatic carbocycles. The Kier molecular flexibility index (Phi) is 3.74. The summed E-state index contributed by atoms with van der Waals surface area (Å²) in [7, 11) is 0. The topological polar surface area (TPSA) is 77.6 Å². The van der Waals surface area contributed by atoms with Gasteiger partial charge in [0.05, 0.1) is 5.69 Å². The highest BCUT2D eigenvalue weighted by Gasteiger charge is 2.13. The minimum atomic E-state index is -0.153. The Morgan fingerprint density at radius 1 is 1.12 bits per heavy atom. The molecule has 4 heterocycles. The van der Waals surface area contributed by atoms with Crippen molar-refractivity contribution in [2.45, 2.75) is 13.5 Å². The zero-order valence-corrected chi connectivity index (χ0v) is 13.6. The summed E-state index contributed by atoms with van der Waals surface area (Å²) in [5.74, 6) is 1.09. The van der Waals surface area contributed by atoms with E-state index >= 15 is 0 Å². The van der Waals surface area contributed by atoms with Crippen LogP contribution in [0.2, 0.25) is 0 Å². The Morgan fingerprint density at radius 2 is 2.00 bits per heavy atom. The fraction of sp³-hybridized carbons (Fsp3) is 0.111. The monoisotopic (exact) mass is 332 g/mol. The van der Waals surface area contributed by atoms with Gasteiger partial charge in [0.1, 0.15) is 18.0 Å². The highest BCUT2D eigenvalue weighted by molar-refractivity contribution is 5.91. The number of hydrogen-bond acceptors (Lipinski definition) is 4. The number of anilines is 1. The van der Waals surface area contributed by atoms with Crippen molar-refractivity contribution in [3.63, 3.8) is 0 Å². The number of hydrogen-bond donors (Lipinski definition) is 1. The van der Waals surface area contributed by atoms with E-state index < -0.39 is 0 Å². The Balaban J connectivity index is 1.57. The van der Waals surface area contributed by atoms with E-state index in [-0.39, 0.29) is 12.5 Å². The van der Waals surface area contributed by atoms with Gasteiger partial charge < -0.3 is 9.88 Å². The molecule has 4 aromatic rings. The van der Waals surface area contributed by atoms with Crippen LogP contribution < -0.4 is 5.32 Å². The molecule has 0 aliphatic heterocycles. The van der Waals surface area contributed by atoms with Gasteiger partial charge in [-0.1, -0.05) is 6.07 Å². The minimum Gasteiger partial charge on any atom is -0.323 e. The van der Waals surface area contributed by atoms with Crippen molar-refractivity contribution in [2.75, 3.05) is 5.32 Å². The lowest BCUT2D eigenvalue weighted by atomic mass is 10.3. The van der Waals surface area contributed by atoms with Crippen molar-refractivity contribution in [3.8, 4) is 5.82 Å². The maximum atomic E-state index is 12.5. The number of aryl methyl sites for hydroxylation is 1. The molecule has 0 atom stereocenters. The van der Waals surface area contributed by atoms with E-state index in [0.29, 0.717) is 11.6 Å². The fourth-order valence-electron chi connectivity index (χ4n) is 2.73. The number of carbonyl (C=O) groups excluding carboxylic acids is 1. The van der Waals surface area contributed by atoms with Crippen LogP contribution in [-0.2, 0) is 11.3 Å². The molecular formula is C18H16N6O. The van der Waals surface area contributed by atoms with Crippen LogP contribution in [0, 0.1) is 6.92 Å². The summed E-state index contributed by atoms with van der Waals surface area (Å²) in [5, 5.41) is 8.31. The van der Waals surface area contributed by atoms with E-state index in [2.05, 4.69) is 20.4 Å². The average molecular weight is 332 g/mol. The van der Waals surface area contributed by atoms with Crippen molar-refractivity contribution < 1.29 is 4.79 Å². The molecule has 0 radical (unpaired) electrons. The van der Waals surface area contributed by atoms with E-state index in [0.717, 1.165) is 16.7 Å². The van der Waals surface area contributed by atoms with Crippen molar-refractivity contribution >= 4 is 22.8 Å². The lowest BCUT2D eigenvalue weighted by Gasteiger charge is -2.09. The Hall–Kier alpha value is -3.48. The van der Waals surface area contributed by atoms with Gasteiger partial charge in [0, 0.05) is 30.0 Å². The zero-order valence-electron chi connectivity index (χ0n) is 13.6. The van der Waals surface area contributed by atoms with Crippen LogP contribution in [0.25, 0.3) is 16.9 Å². The van der Waals surface area contributed by atoms with E-state index in [1.807, 2.05) is 60.2 Å². The molecule has 7 nitrogen and oxygen atoms in total. The molecule has 124 valence electrons. The van der Waals surface area contributed by atoms with E-state index in [9.17, 15) is 4.79 Å². The molecule has 0 spiro atoms. The normalized spacial score (nSPS) is 10.9. The molecule has 1 N–H and O–H groups in total. The first-order valence-corrected chi connectivity index (χ1v) is 7.88. The largest absolute Gasteiger partial charge is 0.323 e. The SMILES string of the molecule is Cc1cc(NC(=O)Cn2ccc3cccnc32)n(-c2ccccn2)n1. The third-order valence-electron chi connectivity index (χ3n) is 3.80. The molecule has 0 aliphatic carbocycles. The number of nitrogens with one attached hydrogen (secondary N) is 1. The summed E-state index contributed by atoms with van der Waals surface area (Å²) < 4.78 is 3.44. The molecular weight excluding hydrogens is 316 g/mol. The minimum absolute atomic E-state index is 0.153. The van der Waals surface area contributed by atoms with Gasteiger partial charge in [0.2, 0.25) is 5.91 Å². The first kappa shape index (κ1) is 15.1. The molecule has 0 unspecified atom stereocenters. The maximum Gasteiger partial charge on any atom is 0.245 e. The molecule has 0 bridgehead atoms. The van der Waals surface area contributed by atoms with E-state index in [1.165, 1.54) is 0 Å². The molecule has 4 aromatic heterocycles. The number of nitrogens with zero attached hydrogens (tertiary/aromatic N) is 5. The Labute approximate surface area is 143 Å². The van der Waals surface area contributed by atoms with Gasteiger partial charge in [-0.2, -0.15) is 9.78 Å². The van der Waals surface area contributed by atoms with Crippen molar-refractivity contribution in [2.24, 2.45) is 0 Å². The second kappa shape index (κ2) is 6.20. The first-order chi connectivity index (χ1) is 12.2. The fourth-order valence-corrected chi connectivity index (χ4v) is 2.73. The summed E-state index contributed by atoms with van der Waals surface area (Å²) in [6, 6.07) is 13.2. The second-order valence-electron chi connectivity index (χ2n) is 5.68. The van der Waals surface area contributed by atoms with Gasteiger partial charge in [-0.05, 0) is 37.3 Å². The Morgan fingerprint density at radius 3 is 2.84 bits per heavy atom. The lowest BCUT2D eigenvalue weighted by molar-refractivity contribution is -0.116. The van der Waals surface area contributed by atoms with Gasteiger partial charge in [0.15, 0.2) is 5.82 Å². The molecule has 0 fully saturated rings. The van der Waals surface area contributed by atoms with E-state index in [1.54, 1.807) is 17.1 Å². The molecule has 25 heavy (non-hydrogen) atoms. The highest BCUT2D eigenvalue weighted by atomic mass is 16.2. The van der Waals surface area contributed by atoms with Gasteiger partial charge in [0.25, 0.3) is 0 Å². The van der Waals surface area contributed by atoms with Gasteiger partial charge >= 0.3 is 0 Å². The summed E-state index contributed by atoms with van der Waals surface area (Å²) in [4.78, 5) is 21.1. The summed E-state index contributed by atoms with van der Waals surface area (Å²) in [6.45, 7) is 2.05. The summed E-state index contributed by atoms with van der Waals surface area (Å²) in [6.07, 6.45) is 5.27. The van der Waals surface area contributed by atoms with Crippen LogP contribution in [-0.4, -0.2) is 30.2 Å². The number of carbonyl (C=O) groups is 1. The molecule has 1 amide bonds. The number of aromatic nitrogens is 5. The molecule has 0 aliphatic rings. The predicted octanol–water partition coefficient (Wildman–Crippen LogP) is 2.56. The number of rotatable bonds is 4.